The van der Waals surface area contributed by atoms with E-state index in [1.165, 1.54) is 5.56 Å². The van der Waals surface area contributed by atoms with Crippen LogP contribution >= 0.6 is 15.9 Å². The molecule has 0 fully saturated rings. The molecule has 2 nitrogen and oxygen atoms in total. The SMILES string of the molecule is CC(=O)/C(C)=C/Nc1ccc(C)cc1Br. The van der Waals surface area contributed by atoms with Crippen LogP contribution in [0.1, 0.15) is 19.4 Å². The van der Waals surface area contributed by atoms with Gasteiger partial charge in [0.2, 0.25) is 0 Å². The zero-order valence-corrected chi connectivity index (χ0v) is 10.7. The van der Waals surface area contributed by atoms with Gasteiger partial charge in [-0.15, -0.1) is 0 Å². The summed E-state index contributed by atoms with van der Waals surface area (Å²) >= 11 is 3.46. The maximum atomic E-state index is 11.0. The van der Waals surface area contributed by atoms with Crippen LogP contribution in [0.25, 0.3) is 0 Å². The molecule has 0 amide bonds. The van der Waals surface area contributed by atoms with Gasteiger partial charge < -0.3 is 5.32 Å². The van der Waals surface area contributed by atoms with Crippen LogP contribution in [0.4, 0.5) is 5.69 Å². The number of hydrogen-bond donors (Lipinski definition) is 1. The first-order valence-corrected chi connectivity index (χ1v) is 5.50. The van der Waals surface area contributed by atoms with E-state index < -0.39 is 0 Å². The van der Waals surface area contributed by atoms with Gasteiger partial charge in [0.1, 0.15) is 0 Å². The zero-order chi connectivity index (χ0) is 11.4. The molecule has 0 saturated carbocycles. The van der Waals surface area contributed by atoms with Gasteiger partial charge in [-0.1, -0.05) is 6.07 Å². The monoisotopic (exact) mass is 267 g/mol. The summed E-state index contributed by atoms with van der Waals surface area (Å²) in [6.45, 7) is 5.38. The molecule has 0 saturated heterocycles. The average Bonchev–Trinajstić information content (AvgIpc) is 2.15. The highest BCUT2D eigenvalue weighted by Gasteiger charge is 1.99. The number of allylic oxidation sites excluding steroid dienone is 1. The van der Waals surface area contributed by atoms with Gasteiger partial charge in [0.15, 0.2) is 5.78 Å². The molecule has 80 valence electrons. The lowest BCUT2D eigenvalue weighted by molar-refractivity contribution is -0.113. The van der Waals surface area contributed by atoms with E-state index in [0.717, 1.165) is 10.2 Å². The molecule has 0 heterocycles. The van der Waals surface area contributed by atoms with Crippen LogP contribution in [0.3, 0.4) is 0 Å². The Balaban J connectivity index is 2.82. The Morgan fingerprint density at radius 3 is 2.60 bits per heavy atom. The summed E-state index contributed by atoms with van der Waals surface area (Å²) in [6, 6.07) is 6.02. The summed E-state index contributed by atoms with van der Waals surface area (Å²) < 4.78 is 0.995. The topological polar surface area (TPSA) is 29.1 Å². The molecule has 1 aromatic carbocycles. The molecule has 0 radical (unpaired) electrons. The van der Waals surface area contributed by atoms with Gasteiger partial charge in [-0.2, -0.15) is 0 Å². The normalized spacial score (nSPS) is 11.3. The summed E-state index contributed by atoms with van der Waals surface area (Å²) in [5.41, 5.74) is 2.86. The Kier molecular flexibility index (Phi) is 4.09. The lowest BCUT2D eigenvalue weighted by Crippen LogP contribution is -1.97. The second-order valence-corrected chi connectivity index (χ2v) is 4.37. The summed E-state index contributed by atoms with van der Waals surface area (Å²) in [4.78, 5) is 11.0. The predicted octanol–water partition coefficient (Wildman–Crippen LogP) is 3.66. The number of ketones is 1. The molecule has 1 aromatic rings. The molecule has 3 heteroatoms. The van der Waals surface area contributed by atoms with Gasteiger partial charge in [-0.25, -0.2) is 0 Å². The Morgan fingerprint density at radius 1 is 1.40 bits per heavy atom. The van der Waals surface area contributed by atoms with Gasteiger partial charge >= 0.3 is 0 Å². The first-order valence-electron chi connectivity index (χ1n) is 4.71. The molecule has 0 unspecified atom stereocenters. The fourth-order valence-electron chi connectivity index (χ4n) is 1.02. The summed E-state index contributed by atoms with van der Waals surface area (Å²) in [5, 5.41) is 3.09. The lowest BCUT2D eigenvalue weighted by Gasteiger charge is -2.05. The van der Waals surface area contributed by atoms with Gasteiger partial charge in [-0.05, 0) is 54.4 Å². The van der Waals surface area contributed by atoms with E-state index in [9.17, 15) is 4.79 Å². The molecular weight excluding hydrogens is 254 g/mol. The molecule has 0 aliphatic rings. The Hall–Kier alpha value is -1.09. The van der Waals surface area contributed by atoms with Crippen molar-refractivity contribution in [2.24, 2.45) is 0 Å². The summed E-state index contributed by atoms with van der Waals surface area (Å²) in [6.07, 6.45) is 1.72. The van der Waals surface area contributed by atoms with Crippen molar-refractivity contribution in [2.75, 3.05) is 5.32 Å². The smallest absolute Gasteiger partial charge is 0.156 e. The quantitative estimate of drug-likeness (QED) is 0.847. The van der Waals surface area contributed by atoms with Crippen molar-refractivity contribution in [3.05, 3.63) is 40.0 Å². The second-order valence-electron chi connectivity index (χ2n) is 3.51. The minimum Gasteiger partial charge on any atom is -0.360 e. The van der Waals surface area contributed by atoms with E-state index in [2.05, 4.69) is 21.2 Å². The Labute approximate surface area is 98.5 Å². The van der Waals surface area contributed by atoms with Gasteiger partial charge in [0, 0.05) is 16.2 Å². The van der Waals surface area contributed by atoms with Crippen LogP contribution < -0.4 is 5.32 Å². The number of halogens is 1. The van der Waals surface area contributed by atoms with Crippen molar-refractivity contribution in [2.45, 2.75) is 20.8 Å². The highest BCUT2D eigenvalue weighted by molar-refractivity contribution is 9.10. The number of hydrogen-bond acceptors (Lipinski definition) is 2. The third-order valence-corrected chi connectivity index (χ3v) is 2.78. The lowest BCUT2D eigenvalue weighted by atomic mass is 10.2. The first kappa shape index (κ1) is 12.0. The second kappa shape index (κ2) is 5.12. The molecule has 0 bridgehead atoms. The van der Waals surface area contributed by atoms with Crippen molar-refractivity contribution < 1.29 is 4.79 Å². The van der Waals surface area contributed by atoms with Crippen molar-refractivity contribution in [1.29, 1.82) is 0 Å². The summed E-state index contributed by atoms with van der Waals surface area (Å²) in [5.74, 6) is 0.0748. The molecular formula is C12H14BrNO. The number of carbonyl (C=O) groups excluding carboxylic acids is 1. The van der Waals surface area contributed by atoms with E-state index in [4.69, 9.17) is 0 Å². The maximum Gasteiger partial charge on any atom is 0.156 e. The van der Waals surface area contributed by atoms with Crippen LogP contribution in [-0.2, 0) is 4.79 Å². The number of carbonyl (C=O) groups is 1. The third kappa shape index (κ3) is 3.51. The van der Waals surface area contributed by atoms with Crippen LogP contribution in [0.5, 0.6) is 0 Å². The highest BCUT2D eigenvalue weighted by atomic mass is 79.9. The molecule has 1 rings (SSSR count). The van der Waals surface area contributed by atoms with Gasteiger partial charge in [0.05, 0.1) is 5.69 Å². The number of anilines is 1. The number of rotatable bonds is 3. The molecule has 1 N–H and O–H groups in total. The van der Waals surface area contributed by atoms with Gasteiger partial charge in [0.25, 0.3) is 0 Å². The molecule has 0 atom stereocenters. The average molecular weight is 268 g/mol. The number of Topliss-reactive ketones (excluding diaryl/α,β-unsaturated/α-hetero) is 1. The van der Waals surface area contributed by atoms with E-state index >= 15 is 0 Å². The van der Waals surface area contributed by atoms with Gasteiger partial charge in [-0.3, -0.25) is 4.79 Å². The van der Waals surface area contributed by atoms with Crippen molar-refractivity contribution in [3.63, 3.8) is 0 Å². The fourth-order valence-corrected chi connectivity index (χ4v) is 1.63. The minimum absolute atomic E-state index is 0.0748. The molecule has 0 aromatic heterocycles. The Bertz CT molecular complexity index is 410. The maximum absolute atomic E-state index is 11.0. The number of aryl methyl sites for hydroxylation is 1. The van der Waals surface area contributed by atoms with Crippen molar-refractivity contribution in [1.82, 2.24) is 0 Å². The Morgan fingerprint density at radius 2 is 2.07 bits per heavy atom. The fraction of sp³-hybridized carbons (Fsp3) is 0.250. The zero-order valence-electron chi connectivity index (χ0n) is 9.10. The molecule has 0 aliphatic carbocycles. The van der Waals surface area contributed by atoms with E-state index in [1.807, 2.05) is 25.1 Å². The van der Waals surface area contributed by atoms with E-state index in [1.54, 1.807) is 20.0 Å². The molecule has 15 heavy (non-hydrogen) atoms. The largest absolute Gasteiger partial charge is 0.360 e. The summed E-state index contributed by atoms with van der Waals surface area (Å²) in [7, 11) is 0. The predicted molar refractivity (Wildman–Crippen MR) is 66.9 cm³/mol. The standard InChI is InChI=1S/C12H14BrNO/c1-8-4-5-12(11(13)6-8)14-7-9(2)10(3)15/h4-7,14H,1-3H3/b9-7+. The van der Waals surface area contributed by atoms with E-state index in [0.29, 0.717) is 5.57 Å². The van der Waals surface area contributed by atoms with Crippen LogP contribution in [0, 0.1) is 6.92 Å². The minimum atomic E-state index is 0.0748. The highest BCUT2D eigenvalue weighted by Crippen LogP contribution is 2.23. The molecule has 0 aliphatic heterocycles. The number of nitrogens with one attached hydrogen (secondary N) is 1. The van der Waals surface area contributed by atoms with Crippen molar-refractivity contribution >= 4 is 27.4 Å². The van der Waals surface area contributed by atoms with Crippen LogP contribution in [0.2, 0.25) is 0 Å². The van der Waals surface area contributed by atoms with Crippen LogP contribution in [0.15, 0.2) is 34.4 Å². The third-order valence-electron chi connectivity index (χ3n) is 2.12. The molecule has 0 spiro atoms. The van der Waals surface area contributed by atoms with Crippen molar-refractivity contribution in [3.8, 4) is 0 Å². The van der Waals surface area contributed by atoms with E-state index in [-0.39, 0.29) is 5.78 Å². The van der Waals surface area contributed by atoms with Crippen LogP contribution in [-0.4, -0.2) is 5.78 Å². The number of benzene rings is 1. The first-order chi connectivity index (χ1) is 7.00.